The first-order chi connectivity index (χ1) is 9.78. The van der Waals surface area contributed by atoms with Gasteiger partial charge in [-0.15, -0.1) is 0 Å². The molecule has 1 heterocycles. The zero-order valence-corrected chi connectivity index (χ0v) is 11.3. The number of hydrogen-bond donors (Lipinski definition) is 1. The van der Waals surface area contributed by atoms with Gasteiger partial charge in [-0.2, -0.15) is 5.10 Å². The van der Waals surface area contributed by atoms with Gasteiger partial charge in [0.2, 0.25) is 0 Å². The molecule has 1 aromatic heterocycles. The highest BCUT2D eigenvalue weighted by Crippen LogP contribution is 2.26. The second-order valence-corrected chi connectivity index (χ2v) is 4.81. The van der Waals surface area contributed by atoms with Crippen LogP contribution in [0.1, 0.15) is 29.8 Å². The molecule has 1 aliphatic rings. The predicted molar refractivity (Wildman–Crippen MR) is 73.0 cm³/mol. The topological polar surface area (TPSA) is 72.5 Å². The molecule has 0 atom stereocenters. The fourth-order valence-electron chi connectivity index (χ4n) is 2.42. The van der Waals surface area contributed by atoms with Gasteiger partial charge >= 0.3 is 0 Å². The molecule has 0 spiro atoms. The lowest BCUT2D eigenvalue weighted by Gasteiger charge is -2.17. The van der Waals surface area contributed by atoms with Gasteiger partial charge in [0.1, 0.15) is 18.7 Å². The van der Waals surface area contributed by atoms with Crippen LogP contribution in [-0.2, 0) is 20.1 Å². The normalized spacial score (nSPS) is 16.1. The molecular formula is C14H16N4O2. The largest absolute Gasteiger partial charge is 0.486 e. The second-order valence-electron chi connectivity index (χ2n) is 4.81. The van der Waals surface area contributed by atoms with Crippen molar-refractivity contribution in [2.24, 2.45) is 12.2 Å². The van der Waals surface area contributed by atoms with Crippen LogP contribution in [0.25, 0.3) is 0 Å². The van der Waals surface area contributed by atoms with E-state index in [4.69, 9.17) is 9.94 Å². The van der Waals surface area contributed by atoms with Crippen LogP contribution in [0, 0.1) is 0 Å². The first-order valence-corrected chi connectivity index (χ1v) is 6.58. The van der Waals surface area contributed by atoms with E-state index in [1.807, 2.05) is 25.2 Å². The van der Waals surface area contributed by atoms with Crippen LogP contribution < -0.4 is 4.74 Å². The van der Waals surface area contributed by atoms with E-state index in [0.29, 0.717) is 6.61 Å². The number of fused-ring (bicyclic) bond motifs is 1. The van der Waals surface area contributed by atoms with Crippen molar-refractivity contribution < 1.29 is 9.94 Å². The lowest BCUT2D eigenvalue weighted by molar-refractivity contribution is 0.289. The highest BCUT2D eigenvalue weighted by molar-refractivity contribution is 6.02. The summed E-state index contributed by atoms with van der Waals surface area (Å²) in [7, 11) is 1.83. The molecule has 104 valence electrons. The Bertz CT molecular complexity index is 648. The fourth-order valence-corrected chi connectivity index (χ4v) is 2.42. The summed E-state index contributed by atoms with van der Waals surface area (Å²) in [5.41, 5.74) is 2.92. The molecule has 0 unspecified atom stereocenters. The smallest absolute Gasteiger partial charge is 0.164 e. The number of aryl methyl sites for hydroxylation is 2. The molecular weight excluding hydrogens is 256 g/mol. The second kappa shape index (κ2) is 5.32. The Morgan fingerprint density at radius 1 is 1.40 bits per heavy atom. The van der Waals surface area contributed by atoms with Gasteiger partial charge in [-0.05, 0) is 37.0 Å². The first-order valence-electron chi connectivity index (χ1n) is 6.58. The van der Waals surface area contributed by atoms with Crippen molar-refractivity contribution in [3.05, 3.63) is 41.5 Å². The van der Waals surface area contributed by atoms with Crippen LogP contribution in [0.15, 0.2) is 29.7 Å². The van der Waals surface area contributed by atoms with E-state index < -0.39 is 0 Å². The summed E-state index contributed by atoms with van der Waals surface area (Å²) < 4.78 is 7.41. The zero-order chi connectivity index (χ0) is 13.9. The number of oxime groups is 1. The molecule has 0 saturated carbocycles. The van der Waals surface area contributed by atoms with Crippen LogP contribution in [0.3, 0.4) is 0 Å². The Kier molecular flexibility index (Phi) is 3.37. The maximum Gasteiger partial charge on any atom is 0.164 e. The Hall–Kier alpha value is -2.37. The number of benzene rings is 1. The molecule has 20 heavy (non-hydrogen) atoms. The third kappa shape index (κ3) is 2.36. The van der Waals surface area contributed by atoms with Crippen LogP contribution in [0.2, 0.25) is 0 Å². The summed E-state index contributed by atoms with van der Waals surface area (Å²) in [6, 6.07) is 5.90. The van der Waals surface area contributed by atoms with Gasteiger partial charge in [-0.1, -0.05) is 11.2 Å². The van der Waals surface area contributed by atoms with E-state index in [1.54, 1.807) is 4.68 Å². The zero-order valence-electron chi connectivity index (χ0n) is 11.3. The highest BCUT2D eigenvalue weighted by Gasteiger charge is 2.16. The Morgan fingerprint density at radius 2 is 2.30 bits per heavy atom. The maximum atomic E-state index is 9.07. The minimum absolute atomic E-state index is 0.362. The average molecular weight is 272 g/mol. The van der Waals surface area contributed by atoms with E-state index >= 15 is 0 Å². The standard InChI is InChI=1S/C14H16N4O2/c1-18-14(15-9-16-18)8-20-11-6-5-10-3-2-4-13(17-19)12(10)7-11/h5-7,9,19H,2-4,8H2,1H3/b17-13-. The van der Waals surface area contributed by atoms with Gasteiger partial charge < -0.3 is 9.94 Å². The third-order valence-electron chi connectivity index (χ3n) is 3.55. The van der Waals surface area contributed by atoms with E-state index in [0.717, 1.165) is 42.1 Å². The van der Waals surface area contributed by atoms with Gasteiger partial charge in [0.05, 0.1) is 5.71 Å². The summed E-state index contributed by atoms with van der Waals surface area (Å²) in [6.07, 6.45) is 4.34. The number of ether oxygens (including phenoxy) is 1. The van der Waals surface area contributed by atoms with E-state index in [-0.39, 0.29) is 0 Å². The summed E-state index contributed by atoms with van der Waals surface area (Å²) in [6.45, 7) is 0.362. The van der Waals surface area contributed by atoms with E-state index in [9.17, 15) is 0 Å². The number of aromatic nitrogens is 3. The van der Waals surface area contributed by atoms with Gasteiger partial charge in [-0.25, -0.2) is 4.98 Å². The SMILES string of the molecule is Cn1ncnc1COc1ccc2c(c1)/C(=N\O)CCC2. The van der Waals surface area contributed by atoms with Crippen molar-refractivity contribution in [3.8, 4) is 5.75 Å². The molecule has 6 heteroatoms. The van der Waals surface area contributed by atoms with Gasteiger partial charge in [0.15, 0.2) is 5.82 Å². The van der Waals surface area contributed by atoms with Crippen LogP contribution in [-0.4, -0.2) is 25.7 Å². The quantitative estimate of drug-likeness (QED) is 0.684. The lowest BCUT2D eigenvalue weighted by atomic mass is 9.90. The first kappa shape index (κ1) is 12.7. The molecule has 0 fully saturated rings. The highest BCUT2D eigenvalue weighted by atomic mass is 16.5. The molecule has 1 aliphatic carbocycles. The predicted octanol–water partition coefficient (Wildman–Crippen LogP) is 1.91. The monoisotopic (exact) mass is 272 g/mol. The van der Waals surface area contributed by atoms with Crippen LogP contribution in [0.5, 0.6) is 5.75 Å². The molecule has 1 N–H and O–H groups in total. The molecule has 1 aromatic carbocycles. The lowest BCUT2D eigenvalue weighted by Crippen LogP contribution is -2.12. The summed E-state index contributed by atoms with van der Waals surface area (Å²) in [5.74, 6) is 1.51. The molecule has 0 bridgehead atoms. The van der Waals surface area contributed by atoms with Crippen molar-refractivity contribution in [1.82, 2.24) is 14.8 Å². The summed E-state index contributed by atoms with van der Waals surface area (Å²) >= 11 is 0. The molecule has 6 nitrogen and oxygen atoms in total. The third-order valence-corrected chi connectivity index (χ3v) is 3.55. The average Bonchev–Trinajstić information content (AvgIpc) is 2.89. The molecule has 0 radical (unpaired) electrons. The Morgan fingerprint density at radius 3 is 3.05 bits per heavy atom. The van der Waals surface area contributed by atoms with Crippen molar-refractivity contribution >= 4 is 5.71 Å². The molecule has 0 amide bonds. The summed E-state index contributed by atoms with van der Waals surface area (Å²) in [4.78, 5) is 4.11. The van der Waals surface area contributed by atoms with Gasteiger partial charge in [-0.3, -0.25) is 4.68 Å². The number of rotatable bonds is 3. The molecule has 3 rings (SSSR count). The van der Waals surface area contributed by atoms with Crippen LogP contribution in [0.4, 0.5) is 0 Å². The fraction of sp³-hybridized carbons (Fsp3) is 0.357. The minimum Gasteiger partial charge on any atom is -0.486 e. The Balaban J connectivity index is 1.80. The minimum atomic E-state index is 0.362. The van der Waals surface area contributed by atoms with Crippen molar-refractivity contribution in [2.75, 3.05) is 0 Å². The number of nitrogens with zero attached hydrogens (tertiary/aromatic N) is 4. The number of hydrogen-bond acceptors (Lipinski definition) is 5. The van der Waals surface area contributed by atoms with Crippen LogP contribution >= 0.6 is 0 Å². The Labute approximate surface area is 116 Å². The molecule has 0 aliphatic heterocycles. The van der Waals surface area contributed by atoms with E-state index in [1.165, 1.54) is 11.9 Å². The van der Waals surface area contributed by atoms with Gasteiger partial charge in [0.25, 0.3) is 0 Å². The van der Waals surface area contributed by atoms with Gasteiger partial charge in [0, 0.05) is 12.6 Å². The maximum absolute atomic E-state index is 9.07. The van der Waals surface area contributed by atoms with Crippen molar-refractivity contribution in [1.29, 1.82) is 0 Å². The van der Waals surface area contributed by atoms with Crippen molar-refractivity contribution in [2.45, 2.75) is 25.9 Å². The summed E-state index contributed by atoms with van der Waals surface area (Å²) in [5, 5.41) is 16.5. The molecule has 0 saturated heterocycles. The van der Waals surface area contributed by atoms with E-state index in [2.05, 4.69) is 15.2 Å². The molecule has 2 aromatic rings. The van der Waals surface area contributed by atoms with Crippen molar-refractivity contribution in [3.63, 3.8) is 0 Å².